The van der Waals surface area contributed by atoms with Gasteiger partial charge < -0.3 is 14.9 Å². The first kappa shape index (κ1) is 38.6. The highest BCUT2D eigenvalue weighted by molar-refractivity contribution is 8.03. The number of anilines is 1. The molecule has 0 spiro atoms. The third-order valence-corrected chi connectivity index (χ3v) is 12.2. The lowest BCUT2D eigenvalue weighted by Crippen LogP contribution is -2.35. The summed E-state index contributed by atoms with van der Waals surface area (Å²) in [5.41, 5.74) is 5.37. The van der Waals surface area contributed by atoms with Crippen LogP contribution in [0, 0.1) is 0 Å². The molecule has 0 radical (unpaired) electrons. The Balaban J connectivity index is 1.36. The van der Waals surface area contributed by atoms with E-state index in [1.54, 1.807) is 53.2 Å². The van der Waals surface area contributed by atoms with Gasteiger partial charge in [0.2, 0.25) is 5.52 Å². The average molecular weight is 771 g/mol. The van der Waals surface area contributed by atoms with E-state index in [0.717, 1.165) is 96.1 Å². The van der Waals surface area contributed by atoms with Gasteiger partial charge in [-0.25, -0.2) is 10.1 Å². The summed E-state index contributed by atoms with van der Waals surface area (Å²) in [6, 6.07) is 23.3. The summed E-state index contributed by atoms with van der Waals surface area (Å²) in [5, 5.41) is 24.3. The zero-order valence-electron chi connectivity index (χ0n) is 29.9. The predicted molar refractivity (Wildman–Crippen MR) is 215 cm³/mol. The number of allylic oxidation sites excluding steroid dienone is 5. The van der Waals surface area contributed by atoms with Crippen LogP contribution < -0.4 is 9.47 Å². The fourth-order valence-corrected chi connectivity index (χ4v) is 9.39. The van der Waals surface area contributed by atoms with Crippen molar-refractivity contribution in [2.75, 3.05) is 24.2 Å². The van der Waals surface area contributed by atoms with E-state index in [1.165, 1.54) is 27.8 Å². The molecule has 4 aromatic rings. The van der Waals surface area contributed by atoms with Crippen LogP contribution in [0.25, 0.3) is 16.3 Å². The molecule has 1 amide bonds. The summed E-state index contributed by atoms with van der Waals surface area (Å²) in [6.07, 6.45) is 15.3. The van der Waals surface area contributed by atoms with Crippen LogP contribution in [0.5, 0.6) is 0 Å². The number of carboxylic acids is 1. The van der Waals surface area contributed by atoms with Crippen molar-refractivity contribution >= 4 is 69.0 Å². The molecule has 53 heavy (non-hydrogen) atoms. The van der Waals surface area contributed by atoms with Crippen LogP contribution in [-0.4, -0.2) is 46.5 Å². The number of aryl methyl sites for hydroxylation is 1. The second kappa shape index (κ2) is 18.7. The van der Waals surface area contributed by atoms with E-state index in [-0.39, 0.29) is 17.0 Å². The highest BCUT2D eigenvalue weighted by Gasteiger charge is 2.29. The molecule has 6 rings (SSSR count). The van der Waals surface area contributed by atoms with Crippen LogP contribution in [-0.2, 0) is 15.9 Å². The number of carbonyl (C=O) groups is 2. The molecule has 0 saturated carbocycles. The van der Waals surface area contributed by atoms with Crippen molar-refractivity contribution in [3.05, 3.63) is 129 Å². The number of aromatic nitrogens is 1. The Morgan fingerprint density at radius 1 is 0.943 bits per heavy atom. The quantitative estimate of drug-likeness (QED) is 0.0357. The molecule has 2 heterocycles. The van der Waals surface area contributed by atoms with Crippen molar-refractivity contribution < 1.29 is 33.9 Å². The van der Waals surface area contributed by atoms with Crippen LogP contribution in [0.3, 0.4) is 0 Å². The molecule has 0 saturated heterocycles. The van der Waals surface area contributed by atoms with E-state index in [1.807, 2.05) is 12.1 Å². The van der Waals surface area contributed by atoms with Crippen molar-refractivity contribution in [1.82, 2.24) is 4.90 Å². The average Bonchev–Trinajstić information content (AvgIpc) is 3.86. The Hall–Kier alpha value is -4.17. The van der Waals surface area contributed by atoms with Crippen molar-refractivity contribution in [1.29, 1.82) is 0 Å². The summed E-state index contributed by atoms with van der Waals surface area (Å²) in [4.78, 5) is 31.5. The van der Waals surface area contributed by atoms with Gasteiger partial charge in [-0.05, 0) is 79.3 Å². The SMILES string of the molecule is CCCCCN1/C(=C/C=C2\CCC(/C=C/c3sc4ccccc4[n+]3CCCCSOOO)=C2N(C)C(=O)c2ccccc2C(=O)O)Sc2ccccc21. The third-order valence-electron chi connectivity index (χ3n) is 9.35. The molecule has 1 aromatic heterocycles. The zero-order valence-corrected chi connectivity index (χ0v) is 32.4. The molecule has 0 unspecified atom stereocenters. The molecule has 0 atom stereocenters. The van der Waals surface area contributed by atoms with Gasteiger partial charge in [0.25, 0.3) is 10.9 Å². The second-order valence-corrected chi connectivity index (χ2v) is 15.7. The number of thioether (sulfide) groups is 1. The molecule has 276 valence electrons. The van der Waals surface area contributed by atoms with Crippen molar-refractivity contribution in [3.8, 4) is 0 Å². The molecule has 0 bridgehead atoms. The van der Waals surface area contributed by atoms with Crippen LogP contribution in [0.2, 0.25) is 0 Å². The number of hydrogen-bond acceptors (Lipinski definition) is 9. The summed E-state index contributed by atoms with van der Waals surface area (Å²) >= 11 is 4.55. The Morgan fingerprint density at radius 3 is 2.53 bits per heavy atom. The third kappa shape index (κ3) is 9.14. The number of nitrogens with zero attached hydrogens (tertiary/aromatic N) is 3. The number of amides is 1. The normalized spacial score (nSPS) is 15.8. The Kier molecular flexibility index (Phi) is 13.6. The number of thiazole rings is 1. The first-order chi connectivity index (χ1) is 25.9. The number of aromatic carboxylic acids is 1. The number of rotatable bonds is 17. The molecule has 1 aliphatic carbocycles. The topological polar surface area (TPSA) is 103 Å². The van der Waals surface area contributed by atoms with Gasteiger partial charge in [-0.2, -0.15) is 4.57 Å². The molecule has 0 fully saturated rings. The van der Waals surface area contributed by atoms with Crippen molar-refractivity contribution in [2.45, 2.75) is 63.3 Å². The maximum absolute atomic E-state index is 14.1. The van der Waals surface area contributed by atoms with Crippen molar-refractivity contribution in [3.63, 3.8) is 0 Å². The summed E-state index contributed by atoms with van der Waals surface area (Å²) in [7, 11) is 1.75. The maximum Gasteiger partial charge on any atom is 0.336 e. The number of carbonyl (C=O) groups excluding carboxylic acids is 1. The molecule has 2 aliphatic rings. The first-order valence-corrected chi connectivity index (χ1v) is 20.4. The van der Waals surface area contributed by atoms with E-state index in [0.29, 0.717) is 5.75 Å². The lowest BCUT2D eigenvalue weighted by atomic mass is 10.0. The first-order valence-electron chi connectivity index (χ1n) is 17.9. The Labute approximate surface area is 323 Å². The minimum Gasteiger partial charge on any atom is -0.478 e. The number of unbranched alkanes of at least 4 members (excludes halogenated alkanes) is 3. The standard InChI is InChI=1S/C41H43N3O6S3/c1-3-4-11-26-43-33-16-7-9-18-35(33)52-37(43)24-22-29-20-21-30(39(29)42(2)40(45)31-14-5-6-15-32(31)41(46)47)23-25-38-44(27-12-13-28-51-50-49-48)34-17-8-10-19-36(34)53-38/h5-10,14-19,22-25H,3-4,11-13,20-21,26-28H2,1-2H3,(H-,46,47,48)/p+1. The monoisotopic (exact) mass is 770 g/mol. The molecule has 9 nitrogen and oxygen atoms in total. The number of benzene rings is 3. The summed E-state index contributed by atoms with van der Waals surface area (Å²) < 4.78 is 8.03. The summed E-state index contributed by atoms with van der Waals surface area (Å²) in [6.45, 7) is 3.95. The molecule has 3 aromatic carbocycles. The molecule has 12 heteroatoms. The fraction of sp³-hybridized carbons (Fsp3) is 0.293. The van der Waals surface area contributed by atoms with Gasteiger partial charge in [-0.3, -0.25) is 4.79 Å². The van der Waals surface area contributed by atoms with E-state index in [9.17, 15) is 14.7 Å². The lowest BCUT2D eigenvalue weighted by Gasteiger charge is -2.23. The van der Waals surface area contributed by atoms with E-state index in [2.05, 4.69) is 86.5 Å². The highest BCUT2D eigenvalue weighted by Crippen LogP contribution is 2.46. The smallest absolute Gasteiger partial charge is 0.336 e. The maximum atomic E-state index is 14.1. The van der Waals surface area contributed by atoms with Crippen molar-refractivity contribution in [2.24, 2.45) is 0 Å². The van der Waals surface area contributed by atoms with Crippen LogP contribution in [0.1, 0.15) is 77.6 Å². The van der Waals surface area contributed by atoms with Gasteiger partial charge in [0, 0.05) is 54.8 Å². The largest absolute Gasteiger partial charge is 0.478 e. The Morgan fingerprint density at radius 2 is 1.72 bits per heavy atom. The summed E-state index contributed by atoms with van der Waals surface area (Å²) in [5.74, 6) is -0.812. The Bertz CT molecular complexity index is 2070. The van der Waals surface area contributed by atoms with E-state index < -0.39 is 5.97 Å². The minimum absolute atomic E-state index is 0.0179. The fourth-order valence-electron chi connectivity index (χ4n) is 6.77. The van der Waals surface area contributed by atoms with Crippen LogP contribution in [0.4, 0.5) is 5.69 Å². The van der Waals surface area contributed by atoms with Gasteiger partial charge >= 0.3 is 5.97 Å². The predicted octanol–water partition coefficient (Wildman–Crippen LogP) is 10.1. The second-order valence-electron chi connectivity index (χ2n) is 12.8. The molecule has 2 N–H and O–H groups in total. The van der Waals surface area contributed by atoms with Gasteiger partial charge in [0.15, 0.2) is 6.54 Å². The number of likely N-dealkylation sites (N-methyl/N-ethyl adjacent to an activating group) is 1. The number of para-hydroxylation sites is 2. The number of hydrogen-bond donors (Lipinski definition) is 2. The van der Waals surface area contributed by atoms with Gasteiger partial charge in [0.05, 0.1) is 27.5 Å². The minimum atomic E-state index is -1.13. The van der Waals surface area contributed by atoms with Crippen LogP contribution in [0.15, 0.2) is 118 Å². The number of carboxylic acid groups (broad SMARTS) is 1. The lowest BCUT2D eigenvalue weighted by molar-refractivity contribution is -0.669. The molecular weight excluding hydrogens is 727 g/mol. The molecule has 1 aliphatic heterocycles. The van der Waals surface area contributed by atoms with Crippen LogP contribution >= 0.6 is 35.1 Å². The van der Waals surface area contributed by atoms with Gasteiger partial charge in [-0.1, -0.05) is 90.4 Å². The van der Waals surface area contributed by atoms with E-state index in [4.69, 9.17) is 5.26 Å². The highest BCUT2D eigenvalue weighted by atomic mass is 32.2. The van der Waals surface area contributed by atoms with Gasteiger partial charge in [-0.15, -0.1) is 4.33 Å². The molecular formula is C41H44N3O6S3+. The van der Waals surface area contributed by atoms with Gasteiger partial charge in [0.1, 0.15) is 4.70 Å². The number of fused-ring (bicyclic) bond motifs is 2. The zero-order chi connectivity index (χ0) is 37.2. The van der Waals surface area contributed by atoms with E-state index >= 15 is 0 Å².